The monoisotopic (exact) mass is 388 g/mol. The van der Waals surface area contributed by atoms with Gasteiger partial charge in [0.1, 0.15) is 12.4 Å². The van der Waals surface area contributed by atoms with Crippen LogP contribution in [0.3, 0.4) is 0 Å². The Hall–Kier alpha value is -3.09. The predicted molar refractivity (Wildman–Crippen MR) is 100 cm³/mol. The van der Waals surface area contributed by atoms with Crippen LogP contribution in [0.25, 0.3) is 10.9 Å². The summed E-state index contributed by atoms with van der Waals surface area (Å²) < 4.78 is 46.5. The lowest BCUT2D eigenvalue weighted by molar-refractivity contribution is -0.136. The van der Waals surface area contributed by atoms with Crippen LogP contribution in [-0.2, 0) is 6.18 Å². The molecule has 0 saturated heterocycles. The Morgan fingerprint density at radius 2 is 1.75 bits per heavy atom. The minimum absolute atomic E-state index is 0.0662. The summed E-state index contributed by atoms with van der Waals surface area (Å²) in [5.41, 5.74) is 0.600. The van der Waals surface area contributed by atoms with Gasteiger partial charge in [-0.1, -0.05) is 36.4 Å². The molecule has 0 bridgehead atoms. The maximum absolute atomic E-state index is 13.6. The smallest absolute Gasteiger partial charge is 0.417 e. The second-order valence-corrected chi connectivity index (χ2v) is 6.39. The number of benzene rings is 2. The first-order chi connectivity index (χ1) is 13.3. The van der Waals surface area contributed by atoms with Crippen LogP contribution in [0.2, 0.25) is 0 Å². The Balaban J connectivity index is 1.75. The number of ether oxygens (including phenoxy) is 1. The van der Waals surface area contributed by atoms with Gasteiger partial charge in [0.05, 0.1) is 23.2 Å². The molecule has 0 fully saturated rings. The highest BCUT2D eigenvalue weighted by Gasteiger charge is 2.37. The number of nitrogens with zero attached hydrogens (tertiary/aromatic N) is 1. The van der Waals surface area contributed by atoms with Crippen LogP contribution in [0.1, 0.15) is 27.0 Å². The normalized spacial score (nSPS) is 11.5. The average Bonchev–Trinajstić information content (AvgIpc) is 2.65. The molecule has 146 valence electrons. The van der Waals surface area contributed by atoms with Gasteiger partial charge in [-0.25, -0.2) is 0 Å². The molecule has 1 N–H and O–H groups in total. The summed E-state index contributed by atoms with van der Waals surface area (Å²) in [5, 5.41) is 2.38. The third-order valence-corrected chi connectivity index (χ3v) is 4.35. The number of aryl methyl sites for hydroxylation is 2. The van der Waals surface area contributed by atoms with Gasteiger partial charge in [0, 0.05) is 11.6 Å². The number of nitrogens with one attached hydrogen (secondary N) is 1. The van der Waals surface area contributed by atoms with Crippen LogP contribution in [-0.4, -0.2) is 24.0 Å². The number of fused-ring (bicyclic) bond motifs is 1. The quantitative estimate of drug-likeness (QED) is 0.646. The first kappa shape index (κ1) is 19.7. The standard InChI is InChI=1S/C21H19F3N2O2/c1-13-6-5-7-14(2)19(13)28-11-10-25-20(27)16-12-26-17-9-4-3-8-15(17)18(16)21(22,23)24/h3-9,12H,10-11H2,1-2H3,(H,25,27). The van der Waals surface area contributed by atoms with E-state index < -0.39 is 23.2 Å². The van der Waals surface area contributed by atoms with Gasteiger partial charge in [0.25, 0.3) is 5.91 Å². The van der Waals surface area contributed by atoms with Gasteiger partial charge < -0.3 is 10.1 Å². The van der Waals surface area contributed by atoms with E-state index in [9.17, 15) is 18.0 Å². The second kappa shape index (κ2) is 7.88. The Bertz CT molecular complexity index is 996. The predicted octanol–water partition coefficient (Wildman–Crippen LogP) is 4.68. The molecule has 0 saturated carbocycles. The van der Waals surface area contributed by atoms with Crippen molar-refractivity contribution in [1.82, 2.24) is 10.3 Å². The average molecular weight is 388 g/mol. The van der Waals surface area contributed by atoms with Crippen LogP contribution >= 0.6 is 0 Å². The first-order valence-corrected chi connectivity index (χ1v) is 8.71. The fraction of sp³-hybridized carbons (Fsp3) is 0.238. The van der Waals surface area contributed by atoms with Crippen molar-refractivity contribution >= 4 is 16.8 Å². The fourth-order valence-electron chi connectivity index (χ4n) is 3.06. The van der Waals surface area contributed by atoms with Crippen molar-refractivity contribution in [3.05, 3.63) is 70.9 Å². The number of pyridine rings is 1. The molecule has 3 aromatic rings. The third kappa shape index (κ3) is 4.08. The van der Waals surface area contributed by atoms with Crippen molar-refractivity contribution in [2.75, 3.05) is 13.2 Å². The molecule has 3 rings (SSSR count). The van der Waals surface area contributed by atoms with Crippen molar-refractivity contribution in [2.24, 2.45) is 0 Å². The Morgan fingerprint density at radius 3 is 2.43 bits per heavy atom. The second-order valence-electron chi connectivity index (χ2n) is 6.39. The zero-order chi connectivity index (χ0) is 20.3. The molecule has 0 spiro atoms. The van der Waals surface area contributed by atoms with Crippen molar-refractivity contribution in [1.29, 1.82) is 0 Å². The summed E-state index contributed by atoms with van der Waals surface area (Å²) in [5.74, 6) is -0.129. The summed E-state index contributed by atoms with van der Waals surface area (Å²) >= 11 is 0. The molecular weight excluding hydrogens is 369 g/mol. The van der Waals surface area contributed by atoms with Gasteiger partial charge in [0.15, 0.2) is 0 Å². The van der Waals surface area contributed by atoms with Gasteiger partial charge in [-0.05, 0) is 31.0 Å². The van der Waals surface area contributed by atoms with Gasteiger partial charge in [-0.3, -0.25) is 9.78 Å². The van der Waals surface area contributed by atoms with Crippen LogP contribution in [0, 0.1) is 13.8 Å². The number of carbonyl (C=O) groups is 1. The van der Waals surface area contributed by atoms with E-state index in [1.54, 1.807) is 6.07 Å². The van der Waals surface area contributed by atoms with E-state index in [0.717, 1.165) is 17.3 Å². The van der Waals surface area contributed by atoms with E-state index in [-0.39, 0.29) is 24.1 Å². The fourth-order valence-corrected chi connectivity index (χ4v) is 3.06. The summed E-state index contributed by atoms with van der Waals surface area (Å²) in [6.45, 7) is 4.01. The highest BCUT2D eigenvalue weighted by Crippen LogP contribution is 2.36. The van der Waals surface area contributed by atoms with E-state index in [1.165, 1.54) is 18.2 Å². The Morgan fingerprint density at radius 1 is 1.07 bits per heavy atom. The zero-order valence-electron chi connectivity index (χ0n) is 15.4. The minimum Gasteiger partial charge on any atom is -0.491 e. The molecule has 0 unspecified atom stereocenters. The molecule has 0 atom stereocenters. The van der Waals surface area contributed by atoms with Gasteiger partial charge in [0.2, 0.25) is 0 Å². The number of carbonyl (C=O) groups excluding carboxylic acids is 1. The molecule has 2 aromatic carbocycles. The number of alkyl halides is 3. The Kier molecular flexibility index (Phi) is 5.53. The van der Waals surface area contributed by atoms with Crippen LogP contribution in [0.4, 0.5) is 13.2 Å². The molecule has 0 aliphatic heterocycles. The summed E-state index contributed by atoms with van der Waals surface area (Å²) in [4.78, 5) is 16.4. The maximum Gasteiger partial charge on any atom is 0.417 e. The molecule has 1 aromatic heterocycles. The molecule has 4 nitrogen and oxygen atoms in total. The van der Waals surface area contributed by atoms with Gasteiger partial charge in [-0.15, -0.1) is 0 Å². The highest BCUT2D eigenvalue weighted by molar-refractivity contribution is 6.00. The molecule has 0 aliphatic carbocycles. The van der Waals surface area contributed by atoms with Crippen molar-refractivity contribution in [3.8, 4) is 5.75 Å². The van der Waals surface area contributed by atoms with Crippen LogP contribution < -0.4 is 10.1 Å². The number of rotatable bonds is 5. The molecule has 1 amide bonds. The lowest BCUT2D eigenvalue weighted by Gasteiger charge is -2.16. The molecule has 0 radical (unpaired) electrons. The maximum atomic E-state index is 13.6. The van der Waals surface area contributed by atoms with E-state index in [0.29, 0.717) is 5.75 Å². The number of amides is 1. The van der Waals surface area contributed by atoms with E-state index in [4.69, 9.17) is 4.74 Å². The number of hydrogen-bond acceptors (Lipinski definition) is 3. The zero-order valence-corrected chi connectivity index (χ0v) is 15.4. The Labute approximate surface area is 160 Å². The van der Waals surface area contributed by atoms with Crippen molar-refractivity contribution in [3.63, 3.8) is 0 Å². The largest absolute Gasteiger partial charge is 0.491 e. The number of aromatic nitrogens is 1. The third-order valence-electron chi connectivity index (χ3n) is 4.35. The molecule has 0 aliphatic rings. The number of halogens is 3. The highest BCUT2D eigenvalue weighted by atomic mass is 19.4. The molecular formula is C21H19F3N2O2. The summed E-state index contributed by atoms with van der Waals surface area (Å²) in [6, 6.07) is 11.6. The molecule has 7 heteroatoms. The summed E-state index contributed by atoms with van der Waals surface area (Å²) in [6.07, 6.45) is -3.71. The first-order valence-electron chi connectivity index (χ1n) is 8.71. The molecule has 1 heterocycles. The van der Waals surface area contributed by atoms with Crippen molar-refractivity contribution < 1.29 is 22.7 Å². The lowest BCUT2D eigenvalue weighted by Crippen LogP contribution is -2.30. The SMILES string of the molecule is Cc1cccc(C)c1OCCNC(=O)c1cnc2ccccc2c1C(F)(F)F. The van der Waals surface area contributed by atoms with Gasteiger partial charge in [-0.2, -0.15) is 13.2 Å². The van der Waals surface area contributed by atoms with Crippen LogP contribution in [0.5, 0.6) is 5.75 Å². The van der Waals surface area contributed by atoms with Crippen LogP contribution in [0.15, 0.2) is 48.7 Å². The molecule has 28 heavy (non-hydrogen) atoms. The lowest BCUT2D eigenvalue weighted by atomic mass is 10.0. The van der Waals surface area contributed by atoms with E-state index in [2.05, 4.69) is 10.3 Å². The van der Waals surface area contributed by atoms with E-state index in [1.807, 2.05) is 32.0 Å². The summed E-state index contributed by atoms with van der Waals surface area (Å²) in [7, 11) is 0. The van der Waals surface area contributed by atoms with Crippen molar-refractivity contribution in [2.45, 2.75) is 20.0 Å². The topological polar surface area (TPSA) is 51.2 Å². The van der Waals surface area contributed by atoms with E-state index >= 15 is 0 Å². The number of hydrogen-bond donors (Lipinski definition) is 1. The number of para-hydroxylation sites is 2. The van der Waals surface area contributed by atoms with Gasteiger partial charge >= 0.3 is 6.18 Å². The minimum atomic E-state index is -4.68.